The van der Waals surface area contributed by atoms with Crippen LogP contribution in [0.5, 0.6) is 0 Å². The van der Waals surface area contributed by atoms with Crippen LogP contribution in [0, 0.1) is 0 Å². The van der Waals surface area contributed by atoms with Gasteiger partial charge < -0.3 is 48.1 Å². The number of aromatic nitrogens is 8. The van der Waals surface area contributed by atoms with Crippen LogP contribution < -0.4 is 29.3 Å². The van der Waals surface area contributed by atoms with E-state index in [1.54, 1.807) is 0 Å². The second kappa shape index (κ2) is 12.5. The lowest BCUT2D eigenvalue weighted by atomic mass is 10.1. The number of fused-ring (bicyclic) bond motifs is 5. The first-order valence-electron chi connectivity index (χ1n) is 12.9. The number of halogens is 1. The van der Waals surface area contributed by atoms with Gasteiger partial charge in [-0.2, -0.15) is 4.98 Å². The van der Waals surface area contributed by atoms with Crippen molar-refractivity contribution in [2.45, 2.75) is 49.1 Å². The van der Waals surface area contributed by atoms with Gasteiger partial charge in [0.25, 0.3) is 5.56 Å². The van der Waals surface area contributed by atoms with Crippen molar-refractivity contribution in [1.29, 1.82) is 0 Å². The fourth-order valence-corrected chi connectivity index (χ4v) is 7.16. The summed E-state index contributed by atoms with van der Waals surface area (Å²) in [5.41, 5.74) is 10.6. The Kier molecular flexibility index (Phi) is 9.23. The number of hydrogen-bond acceptors (Lipinski definition) is 19. The van der Waals surface area contributed by atoms with Crippen LogP contribution in [-0.4, -0.2) is 104 Å². The first-order chi connectivity index (χ1) is 21.3. The van der Waals surface area contributed by atoms with E-state index in [0.29, 0.717) is 0 Å². The Morgan fingerprint density at radius 3 is 2.17 bits per heavy atom. The molecule has 7 heterocycles. The van der Waals surface area contributed by atoms with Gasteiger partial charge in [-0.05, 0) is 0 Å². The Labute approximate surface area is 260 Å². The zero-order valence-electron chi connectivity index (χ0n) is 23.8. The van der Waals surface area contributed by atoms with Crippen LogP contribution in [0.1, 0.15) is 12.5 Å². The molecule has 0 aliphatic carbocycles. The number of nitrogen functional groups attached to an aromatic ring is 2. The van der Waals surface area contributed by atoms with E-state index in [0.717, 1.165) is 17.2 Å². The number of nitrogens with zero attached hydrogens (tertiary/aromatic N) is 7. The van der Waals surface area contributed by atoms with E-state index < -0.39 is 83.6 Å². The predicted molar refractivity (Wildman–Crippen MR) is 152 cm³/mol. The van der Waals surface area contributed by atoms with Crippen LogP contribution in [-0.2, 0) is 36.7 Å². The van der Waals surface area contributed by atoms with Gasteiger partial charge >= 0.3 is 15.6 Å². The number of aromatic amines is 1. The molecule has 2 bridgehead atoms. The van der Waals surface area contributed by atoms with Crippen LogP contribution >= 0.6 is 15.6 Å². The normalized spacial score (nSPS) is 36.1. The Balaban J connectivity index is 0.00000217. The zero-order chi connectivity index (χ0) is 31.8. The fraction of sp³-hybridized carbons (Fsp3) is 0.500. The van der Waals surface area contributed by atoms with Crippen LogP contribution in [0.15, 0.2) is 23.8 Å². The minimum atomic E-state index is -5.19. The van der Waals surface area contributed by atoms with Crippen molar-refractivity contribution < 1.29 is 56.0 Å². The number of aliphatic hydroxyl groups is 1. The summed E-state index contributed by atoms with van der Waals surface area (Å²) in [6.07, 6.45) is -10.5. The molecule has 4 aromatic heterocycles. The number of phosphoric ester groups is 2. The van der Waals surface area contributed by atoms with Gasteiger partial charge in [-0.25, -0.2) is 33.5 Å². The molecule has 10 atom stereocenters. The third-order valence-corrected chi connectivity index (χ3v) is 9.24. The number of hydrogen-bond donors (Lipinski definition) is 8. The molecule has 4 aromatic rings. The summed E-state index contributed by atoms with van der Waals surface area (Å²) in [7, 11) is -10.3. The standard InChI is InChI=1S/C20H23FN10O12P2.2H3N/c21-8-6-1-38-44(34,35)42-12-7(41-18(11(12)32)30-4-26-9-14(22)24-3-25-15(9)30)2-39-45(36,37)43-13(8)19(40-6)31-5-27-10-16(31)28-20(23)29-17(10)33;;/h3-8,11-13,18-19,32H,1-2H2,(H,34,35)(H,36,37)(H2,22,24,25)(H3,23,28,29,33);2*1H3/t6-,7-,8-,11-,12-,13-,18-,19-;;/m1../s1. The van der Waals surface area contributed by atoms with Gasteiger partial charge in [0.05, 0.1) is 25.9 Å². The van der Waals surface area contributed by atoms with Crippen molar-refractivity contribution in [3.8, 4) is 0 Å². The molecule has 3 saturated heterocycles. The van der Waals surface area contributed by atoms with Crippen molar-refractivity contribution >= 4 is 49.7 Å². The van der Waals surface area contributed by atoms with Gasteiger partial charge in [0.15, 0.2) is 41.3 Å². The monoisotopic (exact) mass is 710 g/mol. The second-order valence-corrected chi connectivity index (χ2v) is 12.9. The van der Waals surface area contributed by atoms with Crippen molar-refractivity contribution in [1.82, 2.24) is 51.3 Å². The molecule has 0 amide bonds. The summed E-state index contributed by atoms with van der Waals surface area (Å²) >= 11 is 0. The predicted octanol–water partition coefficient (Wildman–Crippen LogP) is -1.04. The van der Waals surface area contributed by atoms with E-state index in [1.807, 2.05) is 0 Å². The quantitative estimate of drug-likeness (QED) is 0.115. The van der Waals surface area contributed by atoms with Crippen LogP contribution in [0.4, 0.5) is 16.2 Å². The number of nitrogens with one attached hydrogen (secondary N) is 1. The Hall–Kier alpha value is -3.55. The highest BCUT2D eigenvalue weighted by atomic mass is 31.2. The van der Waals surface area contributed by atoms with E-state index in [9.17, 15) is 28.8 Å². The molecule has 3 aliphatic rings. The topological polar surface area (TPSA) is 379 Å². The van der Waals surface area contributed by atoms with Crippen molar-refractivity contribution in [3.63, 3.8) is 0 Å². The number of rotatable bonds is 2. The molecule has 258 valence electrons. The molecule has 47 heavy (non-hydrogen) atoms. The number of imidazole rings is 2. The van der Waals surface area contributed by atoms with Crippen molar-refractivity contribution in [3.05, 3.63) is 29.3 Å². The molecular weight excluding hydrogens is 681 g/mol. The number of aliphatic hydroxyl groups excluding tert-OH is 1. The molecule has 0 spiro atoms. The van der Waals surface area contributed by atoms with E-state index in [-0.39, 0.29) is 46.4 Å². The molecule has 14 N–H and O–H groups in total. The van der Waals surface area contributed by atoms with Gasteiger partial charge in [0, 0.05) is 0 Å². The maximum Gasteiger partial charge on any atom is 0.472 e. The van der Waals surface area contributed by atoms with Gasteiger partial charge in [0.1, 0.15) is 42.4 Å². The maximum absolute atomic E-state index is 15.7. The maximum atomic E-state index is 15.7. The van der Waals surface area contributed by atoms with Crippen LogP contribution in [0.25, 0.3) is 22.3 Å². The summed E-state index contributed by atoms with van der Waals surface area (Å²) in [6.45, 7) is -1.82. The Morgan fingerprint density at radius 1 is 0.872 bits per heavy atom. The summed E-state index contributed by atoms with van der Waals surface area (Å²) in [6, 6.07) is 0. The van der Waals surface area contributed by atoms with E-state index in [4.69, 9.17) is 39.0 Å². The SMILES string of the molecule is N.N.Nc1nc2c(ncn2[C@@H]2O[C@@H]3COP(=O)(O)O[C@H]4[C@@H](O)[C@H](n5cnc6c(N)ncnc65)O[C@@H]4COP(=O)(O)O[C@@H]2[C@@H]3F)c(=O)[nH]1. The number of anilines is 2. The van der Waals surface area contributed by atoms with E-state index in [2.05, 4.69) is 29.9 Å². The summed E-state index contributed by atoms with van der Waals surface area (Å²) in [4.78, 5) is 55.5. The molecular formula is C20H29FN12O12P2. The highest BCUT2D eigenvalue weighted by Gasteiger charge is 2.54. The number of nitrogens with two attached hydrogens (primary N) is 2. The van der Waals surface area contributed by atoms with E-state index >= 15 is 4.39 Å². The van der Waals surface area contributed by atoms with Crippen LogP contribution in [0.2, 0.25) is 0 Å². The average Bonchev–Trinajstić information content (AvgIpc) is 3.72. The minimum Gasteiger partial charge on any atom is -0.386 e. The number of phosphoric acid groups is 2. The van der Waals surface area contributed by atoms with Gasteiger partial charge in [-0.1, -0.05) is 0 Å². The largest absolute Gasteiger partial charge is 0.472 e. The van der Waals surface area contributed by atoms with Gasteiger partial charge in [-0.3, -0.25) is 37.0 Å². The van der Waals surface area contributed by atoms with E-state index in [1.165, 1.54) is 10.9 Å². The summed E-state index contributed by atoms with van der Waals surface area (Å²) in [5.74, 6) is -0.291. The van der Waals surface area contributed by atoms with Crippen molar-refractivity contribution in [2.75, 3.05) is 24.7 Å². The molecule has 3 aliphatic heterocycles. The molecule has 0 saturated carbocycles. The fourth-order valence-electron chi connectivity index (χ4n) is 5.27. The third-order valence-electron chi connectivity index (χ3n) is 7.27. The molecule has 24 nitrogen and oxygen atoms in total. The lowest BCUT2D eigenvalue weighted by Gasteiger charge is -2.25. The first kappa shape index (κ1) is 34.8. The lowest BCUT2D eigenvalue weighted by Crippen LogP contribution is -2.36. The lowest BCUT2D eigenvalue weighted by molar-refractivity contribution is -0.0671. The Morgan fingerprint density at radius 2 is 1.47 bits per heavy atom. The molecule has 3 fully saturated rings. The summed E-state index contributed by atoms with van der Waals surface area (Å²) < 4.78 is 76.1. The molecule has 0 aromatic carbocycles. The average molecular weight is 710 g/mol. The number of H-pyrrole nitrogens is 1. The Bertz CT molecular complexity index is 1950. The first-order valence-corrected chi connectivity index (χ1v) is 15.9. The highest BCUT2D eigenvalue weighted by Crippen LogP contribution is 2.54. The zero-order valence-corrected chi connectivity index (χ0v) is 25.5. The van der Waals surface area contributed by atoms with Crippen molar-refractivity contribution in [2.24, 2.45) is 0 Å². The smallest absolute Gasteiger partial charge is 0.386 e. The molecule has 7 rings (SSSR count). The van der Waals surface area contributed by atoms with Crippen LogP contribution in [0.3, 0.4) is 0 Å². The minimum absolute atomic E-state index is 0. The molecule has 27 heteroatoms. The molecule has 0 radical (unpaired) electrons. The number of alkyl halides is 1. The third kappa shape index (κ3) is 6.13. The highest BCUT2D eigenvalue weighted by molar-refractivity contribution is 7.47. The second-order valence-electron chi connectivity index (χ2n) is 10.1. The van der Waals surface area contributed by atoms with Gasteiger partial charge in [0.2, 0.25) is 5.95 Å². The van der Waals surface area contributed by atoms with Gasteiger partial charge in [-0.15, -0.1) is 0 Å². The number of ether oxygens (including phenoxy) is 2. The molecule has 2 unspecified atom stereocenters. The summed E-state index contributed by atoms with van der Waals surface area (Å²) in [5, 5.41) is 11.1.